The topological polar surface area (TPSA) is 33.7 Å². The monoisotopic (exact) mass is 368 g/mol. The molecule has 1 N–H and O–H groups in total. The van der Waals surface area contributed by atoms with Crippen molar-refractivity contribution < 1.29 is 9.47 Å². The number of rotatable bonds is 4. The van der Waals surface area contributed by atoms with Gasteiger partial charge in [-0.15, -0.1) is 24.8 Å². The number of nitrogens with zero attached hydrogens (tertiary/aromatic N) is 1. The van der Waals surface area contributed by atoms with E-state index in [0.717, 1.165) is 55.5 Å². The van der Waals surface area contributed by atoms with Crippen molar-refractivity contribution >= 4 is 36.4 Å². The zero-order valence-corrected chi connectivity index (χ0v) is 15.0. The Balaban J connectivity index is 0.00000121. The molecule has 0 aliphatic carbocycles. The summed E-state index contributed by atoms with van der Waals surface area (Å²) in [7, 11) is 0. The molecule has 2 aliphatic heterocycles. The van der Waals surface area contributed by atoms with Gasteiger partial charge in [0.25, 0.3) is 0 Å². The second-order valence-corrected chi connectivity index (χ2v) is 5.72. The Morgan fingerprint density at radius 3 is 2.45 bits per heavy atom. The van der Waals surface area contributed by atoms with Crippen molar-refractivity contribution in [2.24, 2.45) is 0 Å². The predicted octanol–water partition coefficient (Wildman–Crippen LogP) is 3.66. The van der Waals surface area contributed by atoms with E-state index in [0.29, 0.717) is 12.8 Å². The second kappa shape index (κ2) is 9.04. The standard InChI is InChI=1S/C15H21ClN2O2.2ClH/c1-2-3-13(18-6-4-17-5-7-18)11-8-14-15(9-12(11)16)20-10-19-14;;/h8-9,13,17H,2-7,10H2,1H3;2*1H/t13-;;/m0../s1. The molecule has 0 radical (unpaired) electrons. The minimum absolute atomic E-state index is 0. The third-order valence-electron chi connectivity index (χ3n) is 4.01. The molecule has 0 amide bonds. The van der Waals surface area contributed by atoms with Crippen molar-refractivity contribution in [3.05, 3.63) is 22.7 Å². The molecule has 4 nitrogen and oxygen atoms in total. The van der Waals surface area contributed by atoms with Crippen LogP contribution in [-0.2, 0) is 0 Å². The Morgan fingerprint density at radius 2 is 1.82 bits per heavy atom. The average Bonchev–Trinajstić information content (AvgIpc) is 2.92. The first kappa shape index (κ1) is 19.7. The van der Waals surface area contributed by atoms with E-state index in [4.69, 9.17) is 21.1 Å². The smallest absolute Gasteiger partial charge is 0.231 e. The molecule has 0 spiro atoms. The largest absolute Gasteiger partial charge is 0.454 e. The van der Waals surface area contributed by atoms with Crippen molar-refractivity contribution in [3.63, 3.8) is 0 Å². The third-order valence-corrected chi connectivity index (χ3v) is 4.33. The van der Waals surface area contributed by atoms with Gasteiger partial charge < -0.3 is 14.8 Å². The average molecular weight is 370 g/mol. The summed E-state index contributed by atoms with van der Waals surface area (Å²) in [6.07, 6.45) is 2.25. The lowest BCUT2D eigenvalue weighted by atomic mass is 9.99. The first-order valence-corrected chi connectivity index (χ1v) is 7.71. The van der Waals surface area contributed by atoms with Crippen LogP contribution in [0.15, 0.2) is 12.1 Å². The van der Waals surface area contributed by atoms with E-state index in [1.807, 2.05) is 6.07 Å². The van der Waals surface area contributed by atoms with Crippen LogP contribution in [0.4, 0.5) is 0 Å². The lowest BCUT2D eigenvalue weighted by Gasteiger charge is -2.35. The van der Waals surface area contributed by atoms with E-state index in [1.54, 1.807) is 0 Å². The maximum absolute atomic E-state index is 6.48. The highest BCUT2D eigenvalue weighted by Crippen LogP contribution is 2.41. The lowest BCUT2D eigenvalue weighted by Crippen LogP contribution is -2.45. The van der Waals surface area contributed by atoms with E-state index in [2.05, 4.69) is 23.2 Å². The maximum atomic E-state index is 6.48. The number of hydrogen-bond donors (Lipinski definition) is 1. The van der Waals surface area contributed by atoms with Crippen molar-refractivity contribution in [1.82, 2.24) is 10.2 Å². The first-order chi connectivity index (χ1) is 9.79. The van der Waals surface area contributed by atoms with Gasteiger partial charge in [-0.1, -0.05) is 24.9 Å². The highest BCUT2D eigenvalue weighted by molar-refractivity contribution is 6.31. The van der Waals surface area contributed by atoms with Crippen LogP contribution >= 0.6 is 36.4 Å². The van der Waals surface area contributed by atoms with Gasteiger partial charge in [0.05, 0.1) is 0 Å². The molecule has 0 bridgehead atoms. The Hall–Kier alpha value is -0.390. The quantitative estimate of drug-likeness (QED) is 0.878. The summed E-state index contributed by atoms with van der Waals surface area (Å²) in [5.74, 6) is 1.58. The highest BCUT2D eigenvalue weighted by Gasteiger charge is 2.26. The molecule has 22 heavy (non-hydrogen) atoms. The molecule has 7 heteroatoms. The van der Waals surface area contributed by atoms with Crippen LogP contribution in [0, 0.1) is 0 Å². The van der Waals surface area contributed by atoms with E-state index >= 15 is 0 Å². The van der Waals surface area contributed by atoms with Crippen molar-refractivity contribution in [2.45, 2.75) is 25.8 Å². The molecule has 0 saturated carbocycles. The maximum Gasteiger partial charge on any atom is 0.231 e. The van der Waals surface area contributed by atoms with Crippen LogP contribution in [0.25, 0.3) is 0 Å². The molecule has 1 saturated heterocycles. The van der Waals surface area contributed by atoms with Crippen LogP contribution < -0.4 is 14.8 Å². The fourth-order valence-electron chi connectivity index (χ4n) is 2.99. The number of fused-ring (bicyclic) bond motifs is 1. The molecule has 1 atom stereocenters. The van der Waals surface area contributed by atoms with Gasteiger partial charge >= 0.3 is 0 Å². The summed E-state index contributed by atoms with van der Waals surface area (Å²) in [6, 6.07) is 4.32. The number of halogens is 3. The molecular weight excluding hydrogens is 347 g/mol. The number of ether oxygens (including phenoxy) is 2. The van der Waals surface area contributed by atoms with E-state index in [9.17, 15) is 0 Å². The summed E-state index contributed by atoms with van der Waals surface area (Å²) in [6.45, 7) is 6.73. The van der Waals surface area contributed by atoms with E-state index in [1.165, 1.54) is 5.56 Å². The highest BCUT2D eigenvalue weighted by atomic mass is 35.5. The molecular formula is C15H23Cl3N2O2. The zero-order chi connectivity index (χ0) is 13.9. The Morgan fingerprint density at radius 1 is 1.18 bits per heavy atom. The minimum Gasteiger partial charge on any atom is -0.454 e. The fraction of sp³-hybridized carbons (Fsp3) is 0.600. The lowest BCUT2D eigenvalue weighted by molar-refractivity contribution is 0.163. The zero-order valence-electron chi connectivity index (χ0n) is 12.6. The SMILES string of the molecule is CCC[C@@H](c1cc2c(cc1Cl)OCO2)N1CCNCC1.Cl.Cl. The molecule has 0 aromatic heterocycles. The molecule has 1 fully saturated rings. The van der Waals surface area contributed by atoms with Crippen LogP contribution in [-0.4, -0.2) is 37.9 Å². The molecule has 126 valence electrons. The third kappa shape index (κ3) is 4.12. The van der Waals surface area contributed by atoms with Crippen molar-refractivity contribution in [1.29, 1.82) is 0 Å². The second-order valence-electron chi connectivity index (χ2n) is 5.32. The predicted molar refractivity (Wildman–Crippen MR) is 94.2 cm³/mol. The number of hydrogen-bond acceptors (Lipinski definition) is 4. The fourth-order valence-corrected chi connectivity index (χ4v) is 3.27. The molecule has 1 aromatic rings. The van der Waals surface area contributed by atoms with Gasteiger partial charge in [0.15, 0.2) is 11.5 Å². The molecule has 3 rings (SSSR count). The van der Waals surface area contributed by atoms with Gasteiger partial charge in [-0.2, -0.15) is 0 Å². The Kier molecular flexibility index (Phi) is 8.08. The van der Waals surface area contributed by atoms with Crippen LogP contribution in [0.1, 0.15) is 31.4 Å². The van der Waals surface area contributed by atoms with Gasteiger partial charge in [-0.25, -0.2) is 0 Å². The van der Waals surface area contributed by atoms with Crippen molar-refractivity contribution in [2.75, 3.05) is 33.0 Å². The summed E-state index contributed by atoms with van der Waals surface area (Å²) in [5.41, 5.74) is 1.17. The van der Waals surface area contributed by atoms with Crippen LogP contribution in [0.3, 0.4) is 0 Å². The first-order valence-electron chi connectivity index (χ1n) is 7.33. The summed E-state index contributed by atoms with van der Waals surface area (Å²) in [4.78, 5) is 2.52. The van der Waals surface area contributed by atoms with Gasteiger partial charge in [-0.05, 0) is 18.1 Å². The summed E-state index contributed by atoms with van der Waals surface area (Å²) < 4.78 is 10.9. The Bertz CT molecular complexity index is 482. The van der Waals surface area contributed by atoms with Gasteiger partial charge in [-0.3, -0.25) is 4.90 Å². The molecule has 0 unspecified atom stereocenters. The Labute approximate surface area is 149 Å². The number of benzene rings is 1. The van der Waals surface area contributed by atoms with Crippen LogP contribution in [0.2, 0.25) is 5.02 Å². The van der Waals surface area contributed by atoms with E-state index in [-0.39, 0.29) is 24.8 Å². The van der Waals surface area contributed by atoms with Gasteiger partial charge in [0.2, 0.25) is 6.79 Å². The van der Waals surface area contributed by atoms with Crippen LogP contribution in [0.5, 0.6) is 11.5 Å². The minimum atomic E-state index is 0. The normalized spacial score (nSPS) is 18.3. The molecule has 2 aliphatic rings. The summed E-state index contributed by atoms with van der Waals surface area (Å²) in [5, 5.41) is 4.18. The van der Waals surface area contributed by atoms with E-state index < -0.39 is 0 Å². The number of piperazine rings is 1. The summed E-state index contributed by atoms with van der Waals surface area (Å²) >= 11 is 6.48. The molecule has 1 aromatic carbocycles. The number of nitrogens with one attached hydrogen (secondary N) is 1. The van der Waals surface area contributed by atoms with Crippen molar-refractivity contribution in [3.8, 4) is 11.5 Å². The van der Waals surface area contributed by atoms with Gasteiger partial charge in [0, 0.05) is 43.3 Å². The molecule has 2 heterocycles. The van der Waals surface area contributed by atoms with Gasteiger partial charge in [0.1, 0.15) is 0 Å².